The molecule has 0 spiro atoms. The van der Waals surface area contributed by atoms with Gasteiger partial charge >= 0.3 is 0 Å². The van der Waals surface area contributed by atoms with Gasteiger partial charge in [-0.15, -0.1) is 0 Å². The molecule has 0 saturated carbocycles. The van der Waals surface area contributed by atoms with Crippen molar-refractivity contribution in [1.29, 1.82) is 0 Å². The highest BCUT2D eigenvalue weighted by molar-refractivity contribution is 6.29. The van der Waals surface area contributed by atoms with Crippen molar-refractivity contribution >= 4 is 28.7 Å². The monoisotopic (exact) mass is 356 g/mol. The number of pyridine rings is 1. The van der Waals surface area contributed by atoms with Crippen LogP contribution in [-0.4, -0.2) is 23.1 Å². The molecule has 3 heterocycles. The number of allylic oxidation sites excluding steroid dienone is 4. The molecule has 0 N–H and O–H groups in total. The minimum Gasteiger partial charge on any atom is -0.348 e. The number of hydrazone groups is 1. The zero-order valence-corrected chi connectivity index (χ0v) is 15.3. The first kappa shape index (κ1) is 17.0. The minimum absolute atomic E-state index is 0.161. The molecule has 5 heteroatoms. The van der Waals surface area contributed by atoms with Gasteiger partial charge in [0.1, 0.15) is 0 Å². The van der Waals surface area contributed by atoms with E-state index in [1.54, 1.807) is 12.3 Å². The number of carbonyl (C=O) groups excluding carboxylic acids is 1. The van der Waals surface area contributed by atoms with Gasteiger partial charge in [-0.25, -0.2) is 4.98 Å². The van der Waals surface area contributed by atoms with Crippen LogP contribution < -0.4 is 9.91 Å². The Morgan fingerprint density at radius 1 is 1.07 bits per heavy atom. The summed E-state index contributed by atoms with van der Waals surface area (Å²) in [6, 6.07) is 13.7. The maximum Gasteiger partial charge on any atom is 0.282 e. The smallest absolute Gasteiger partial charge is 0.282 e. The first-order valence-corrected chi connectivity index (χ1v) is 8.96. The zero-order chi connectivity index (χ0) is 18.8. The third kappa shape index (κ3) is 3.08. The van der Waals surface area contributed by atoms with Crippen LogP contribution >= 0.6 is 0 Å². The Hall–Kier alpha value is -3.47. The van der Waals surface area contributed by atoms with E-state index in [1.807, 2.05) is 43.3 Å². The van der Waals surface area contributed by atoms with Crippen molar-refractivity contribution in [2.45, 2.75) is 13.8 Å². The van der Waals surface area contributed by atoms with Gasteiger partial charge in [-0.05, 0) is 49.8 Å². The SMILES string of the molecule is CCN1C=C/C(=C\C=C2/C(=O)N(c3ccccn3)N=C2C)c2ccccc21. The van der Waals surface area contributed by atoms with Gasteiger partial charge in [-0.2, -0.15) is 10.1 Å². The first-order chi connectivity index (χ1) is 13.2. The Labute approximate surface area is 158 Å². The highest BCUT2D eigenvalue weighted by atomic mass is 16.2. The lowest BCUT2D eigenvalue weighted by atomic mass is 9.98. The Balaban J connectivity index is 1.67. The fraction of sp³-hybridized carbons (Fsp3) is 0.136. The third-order valence-corrected chi connectivity index (χ3v) is 4.66. The van der Waals surface area contributed by atoms with Crippen LogP contribution in [0.3, 0.4) is 0 Å². The quantitative estimate of drug-likeness (QED) is 0.776. The maximum absolute atomic E-state index is 12.8. The first-order valence-electron chi connectivity index (χ1n) is 8.96. The van der Waals surface area contributed by atoms with Crippen LogP contribution in [0.2, 0.25) is 0 Å². The van der Waals surface area contributed by atoms with Crippen LogP contribution in [0.25, 0.3) is 5.57 Å². The lowest BCUT2D eigenvalue weighted by Gasteiger charge is -2.26. The fourth-order valence-electron chi connectivity index (χ4n) is 3.25. The van der Waals surface area contributed by atoms with Gasteiger partial charge in [0.2, 0.25) is 0 Å². The predicted octanol–water partition coefficient (Wildman–Crippen LogP) is 4.17. The second-order valence-corrected chi connectivity index (χ2v) is 6.31. The molecule has 134 valence electrons. The largest absolute Gasteiger partial charge is 0.348 e. The molecule has 0 bridgehead atoms. The lowest BCUT2D eigenvalue weighted by Crippen LogP contribution is -2.22. The van der Waals surface area contributed by atoms with Crippen LogP contribution in [0.15, 0.2) is 83.8 Å². The second-order valence-electron chi connectivity index (χ2n) is 6.31. The van der Waals surface area contributed by atoms with Crippen LogP contribution in [0.1, 0.15) is 19.4 Å². The number of para-hydroxylation sites is 1. The summed E-state index contributed by atoms with van der Waals surface area (Å²) in [5.41, 5.74) is 4.66. The Morgan fingerprint density at radius 3 is 2.67 bits per heavy atom. The number of amides is 1. The molecule has 1 aromatic heterocycles. The van der Waals surface area contributed by atoms with Crippen molar-refractivity contribution in [3.8, 4) is 0 Å². The number of carbonyl (C=O) groups is 1. The molecule has 1 amide bonds. The Morgan fingerprint density at radius 2 is 1.89 bits per heavy atom. The average molecular weight is 356 g/mol. The van der Waals surface area contributed by atoms with Gasteiger partial charge in [-0.3, -0.25) is 4.79 Å². The summed E-state index contributed by atoms with van der Waals surface area (Å²) < 4.78 is 0. The van der Waals surface area contributed by atoms with E-state index in [2.05, 4.69) is 46.3 Å². The number of benzene rings is 1. The van der Waals surface area contributed by atoms with Gasteiger partial charge in [0, 0.05) is 30.2 Å². The van der Waals surface area contributed by atoms with E-state index >= 15 is 0 Å². The normalized spacial score (nSPS) is 19.0. The molecular weight excluding hydrogens is 336 g/mol. The van der Waals surface area contributed by atoms with E-state index in [4.69, 9.17) is 0 Å². The fourth-order valence-corrected chi connectivity index (χ4v) is 3.25. The molecule has 0 fully saturated rings. The Kier molecular flexibility index (Phi) is 4.42. The van der Waals surface area contributed by atoms with Gasteiger partial charge in [0.25, 0.3) is 5.91 Å². The molecule has 0 aliphatic carbocycles. The van der Waals surface area contributed by atoms with Crippen molar-refractivity contribution in [2.75, 3.05) is 16.5 Å². The predicted molar refractivity (Wildman–Crippen MR) is 109 cm³/mol. The molecule has 2 aliphatic heterocycles. The van der Waals surface area contributed by atoms with Gasteiger partial charge in [-0.1, -0.05) is 30.3 Å². The van der Waals surface area contributed by atoms with Crippen LogP contribution in [-0.2, 0) is 4.79 Å². The van der Waals surface area contributed by atoms with E-state index in [0.717, 1.165) is 17.7 Å². The van der Waals surface area contributed by atoms with Crippen LogP contribution in [0, 0.1) is 0 Å². The lowest BCUT2D eigenvalue weighted by molar-refractivity contribution is -0.114. The molecule has 0 unspecified atom stereocenters. The molecule has 27 heavy (non-hydrogen) atoms. The highest BCUT2D eigenvalue weighted by Gasteiger charge is 2.29. The minimum atomic E-state index is -0.161. The summed E-state index contributed by atoms with van der Waals surface area (Å²) in [6.07, 6.45) is 9.63. The standard InChI is InChI=1S/C22H20N4O/c1-3-25-15-13-17(19-8-4-5-9-20(19)25)11-12-18-16(2)24-26(22(18)27)21-10-6-7-14-23-21/h4-15H,3H2,1-2H3/b17-11+,18-12-. The van der Waals surface area contributed by atoms with E-state index in [-0.39, 0.29) is 5.91 Å². The molecule has 5 nitrogen and oxygen atoms in total. The molecule has 0 saturated heterocycles. The molecular formula is C22H20N4O. The maximum atomic E-state index is 12.8. The summed E-state index contributed by atoms with van der Waals surface area (Å²) >= 11 is 0. The van der Waals surface area contributed by atoms with Crippen molar-refractivity contribution in [2.24, 2.45) is 5.10 Å². The summed E-state index contributed by atoms with van der Waals surface area (Å²) in [7, 11) is 0. The van der Waals surface area contributed by atoms with Crippen LogP contribution in [0.4, 0.5) is 11.5 Å². The van der Waals surface area contributed by atoms with Crippen molar-refractivity contribution in [1.82, 2.24) is 4.98 Å². The molecule has 2 aliphatic rings. The summed E-state index contributed by atoms with van der Waals surface area (Å²) in [4.78, 5) is 19.2. The number of anilines is 2. The summed E-state index contributed by atoms with van der Waals surface area (Å²) in [6.45, 7) is 4.88. The van der Waals surface area contributed by atoms with Crippen LogP contribution in [0.5, 0.6) is 0 Å². The van der Waals surface area contributed by atoms with E-state index in [1.165, 1.54) is 10.7 Å². The number of aromatic nitrogens is 1. The molecule has 0 radical (unpaired) electrons. The van der Waals surface area contributed by atoms with E-state index in [0.29, 0.717) is 17.1 Å². The third-order valence-electron chi connectivity index (χ3n) is 4.66. The van der Waals surface area contributed by atoms with Gasteiger partial charge < -0.3 is 4.90 Å². The van der Waals surface area contributed by atoms with Crippen molar-refractivity contribution in [3.63, 3.8) is 0 Å². The number of fused-ring (bicyclic) bond motifs is 1. The average Bonchev–Trinajstić information content (AvgIpc) is 3.00. The number of hydrogen-bond donors (Lipinski definition) is 0. The number of hydrogen-bond acceptors (Lipinski definition) is 4. The topological polar surface area (TPSA) is 48.8 Å². The molecule has 1 aromatic carbocycles. The van der Waals surface area contributed by atoms with Crippen molar-refractivity contribution in [3.05, 3.63) is 84.2 Å². The summed E-state index contributed by atoms with van der Waals surface area (Å²) in [5, 5.41) is 5.72. The van der Waals surface area contributed by atoms with E-state index in [9.17, 15) is 4.79 Å². The Bertz CT molecular complexity index is 1000. The van der Waals surface area contributed by atoms with Gasteiger partial charge in [0.15, 0.2) is 5.82 Å². The second kappa shape index (κ2) is 7.03. The van der Waals surface area contributed by atoms with Gasteiger partial charge in [0.05, 0.1) is 11.3 Å². The number of nitrogens with zero attached hydrogens (tertiary/aromatic N) is 4. The molecule has 4 rings (SSSR count). The zero-order valence-electron chi connectivity index (χ0n) is 15.3. The molecule has 0 atom stereocenters. The molecule has 2 aromatic rings. The number of rotatable bonds is 3. The van der Waals surface area contributed by atoms with E-state index < -0.39 is 0 Å². The summed E-state index contributed by atoms with van der Waals surface area (Å²) in [5.74, 6) is 0.366. The van der Waals surface area contributed by atoms with Crippen molar-refractivity contribution < 1.29 is 4.79 Å². The highest BCUT2D eigenvalue weighted by Crippen LogP contribution is 2.32.